The number of aromatic nitrogens is 2. The zero-order valence-electron chi connectivity index (χ0n) is 63.9. The first-order valence-electron chi connectivity index (χ1n) is 38.6. The summed E-state index contributed by atoms with van der Waals surface area (Å²) in [4.78, 5) is 5.32. The van der Waals surface area contributed by atoms with E-state index in [1.165, 1.54) is 32.7 Å². The molecular formula is C105H82N6. The first-order valence-corrected chi connectivity index (χ1v) is 38.6. The second-order valence-electron chi connectivity index (χ2n) is 33.0. The lowest BCUT2D eigenvalue weighted by Gasteiger charge is -2.47. The van der Waals surface area contributed by atoms with Gasteiger partial charge in [0.05, 0.1) is 79.5 Å². The maximum Gasteiger partial charge on any atom is 0.0998 e. The normalized spacial score (nSPS) is 12.8. The predicted octanol–water partition coefficient (Wildman–Crippen LogP) is 28.3. The van der Waals surface area contributed by atoms with Gasteiger partial charge in [0.25, 0.3) is 0 Å². The van der Waals surface area contributed by atoms with Gasteiger partial charge in [0, 0.05) is 66.7 Å². The molecule has 0 amide bonds. The minimum atomic E-state index is -0.425. The van der Waals surface area contributed by atoms with Crippen molar-refractivity contribution in [3.63, 3.8) is 0 Å². The highest BCUT2D eigenvalue weighted by atomic mass is 15.2. The van der Waals surface area contributed by atoms with Crippen LogP contribution < -0.4 is 9.80 Å². The van der Waals surface area contributed by atoms with Crippen molar-refractivity contribution in [3.05, 3.63) is 372 Å². The Morgan fingerprint density at radius 2 is 0.568 bits per heavy atom. The van der Waals surface area contributed by atoms with Crippen molar-refractivity contribution in [2.45, 2.75) is 84.5 Å². The number of fused-ring (bicyclic) bond motifs is 10. The molecule has 2 aliphatic rings. The maximum atomic E-state index is 11.1. The van der Waals surface area contributed by atoms with Gasteiger partial charge in [-0.2, -0.15) is 10.5 Å². The molecule has 6 heteroatoms. The minimum absolute atomic E-state index is 0.120. The van der Waals surface area contributed by atoms with Gasteiger partial charge in [0.15, 0.2) is 0 Å². The van der Waals surface area contributed by atoms with Crippen LogP contribution in [0.4, 0.5) is 34.1 Å². The zero-order valence-corrected chi connectivity index (χ0v) is 63.9. The highest BCUT2D eigenvalue weighted by Crippen LogP contribution is 2.65. The number of para-hydroxylation sites is 4. The van der Waals surface area contributed by atoms with Crippen LogP contribution in [0.15, 0.2) is 328 Å². The summed E-state index contributed by atoms with van der Waals surface area (Å²) in [5.41, 5.74) is 32.3. The molecular weight excluding hydrogens is 1350 g/mol. The van der Waals surface area contributed by atoms with Gasteiger partial charge < -0.3 is 18.9 Å². The van der Waals surface area contributed by atoms with E-state index in [0.717, 1.165) is 157 Å². The molecule has 0 fully saturated rings. The van der Waals surface area contributed by atoms with E-state index < -0.39 is 5.41 Å². The van der Waals surface area contributed by atoms with Gasteiger partial charge in [-0.15, -0.1) is 0 Å². The number of nitrogens with zero attached hydrogens (tertiary/aromatic N) is 6. The third-order valence-electron chi connectivity index (χ3n) is 23.3. The number of nitriles is 2. The second-order valence-corrected chi connectivity index (χ2v) is 33.0. The summed E-state index contributed by atoms with van der Waals surface area (Å²) < 4.78 is 4.94. The lowest BCUT2D eigenvalue weighted by molar-refractivity contribution is 0.589. The molecule has 2 aliphatic heterocycles. The summed E-state index contributed by atoms with van der Waals surface area (Å²) in [6.07, 6.45) is 0. The molecule has 0 bridgehead atoms. The molecule has 19 rings (SSSR count). The Hall–Kier alpha value is -13.5. The fraction of sp³-hybridized carbons (Fsp3) is 0.124. The Labute approximate surface area is 649 Å². The third kappa shape index (κ3) is 11.3. The van der Waals surface area contributed by atoms with E-state index in [2.05, 4.69) is 397 Å². The van der Waals surface area contributed by atoms with Gasteiger partial charge in [0.1, 0.15) is 0 Å². The summed E-state index contributed by atoms with van der Waals surface area (Å²) in [6.45, 7) is 20.8. The number of hydrogen-bond acceptors (Lipinski definition) is 4. The lowest BCUT2D eigenvalue weighted by Crippen LogP contribution is -2.31. The molecule has 0 aliphatic carbocycles. The monoisotopic (exact) mass is 1430 g/mol. The van der Waals surface area contributed by atoms with E-state index in [-0.39, 0.29) is 16.7 Å². The minimum Gasteiger partial charge on any atom is -0.309 e. The topological polar surface area (TPSA) is 63.9 Å². The molecule has 0 N–H and O–H groups in total. The molecule has 111 heavy (non-hydrogen) atoms. The van der Waals surface area contributed by atoms with Crippen molar-refractivity contribution in [2.24, 2.45) is 0 Å². The summed E-state index contributed by atoms with van der Waals surface area (Å²) in [7, 11) is 0. The van der Waals surface area contributed by atoms with Gasteiger partial charge in [-0.3, -0.25) is 0 Å². The maximum absolute atomic E-state index is 11.1. The van der Waals surface area contributed by atoms with Crippen LogP contribution in [0.1, 0.15) is 113 Å². The van der Waals surface area contributed by atoms with Crippen molar-refractivity contribution in [1.29, 1.82) is 10.5 Å². The molecule has 17 aromatic rings. The zero-order chi connectivity index (χ0) is 75.8. The standard InChI is InChI=1S/C105H82N6/c1-103(2,3)74-48-44-68(45-49-74)89-58-72(79-34-18-16-32-70(79)64-106)56-87(66-28-12-10-13-29-66)101(89)110-95-62-77(108-91-40-24-20-36-81(91)82-37-21-25-41-92(82)108)52-54-85(95)99-86-55-53-78(109-93-42-26-22-38-83(93)84-39-23-27-43-94(84)109)63-96(86)111(98-61-76(105(7,8)9)60-97(110)100(98)99)102-88(67-30-14-11-15-31-67)57-73(80-35-19-17-33-71(80)65-107)59-90(102)69-46-50-75(51-47-69)104(4,5)6/h10-63,99H,1-9H3. The summed E-state index contributed by atoms with van der Waals surface area (Å²) >= 11 is 0. The summed E-state index contributed by atoms with van der Waals surface area (Å²) in [5, 5.41) is 26.9. The fourth-order valence-electron chi connectivity index (χ4n) is 17.7. The Morgan fingerprint density at radius 1 is 0.261 bits per heavy atom. The summed E-state index contributed by atoms with van der Waals surface area (Å²) in [6, 6.07) is 126. The Morgan fingerprint density at radius 3 is 0.901 bits per heavy atom. The first kappa shape index (κ1) is 68.0. The van der Waals surface area contributed by atoms with E-state index in [9.17, 15) is 10.5 Å². The molecule has 532 valence electrons. The molecule has 2 aromatic heterocycles. The van der Waals surface area contributed by atoms with Crippen LogP contribution in [-0.2, 0) is 16.2 Å². The molecule has 6 nitrogen and oxygen atoms in total. The second kappa shape index (κ2) is 26.1. The largest absolute Gasteiger partial charge is 0.309 e. The predicted molar refractivity (Wildman–Crippen MR) is 464 cm³/mol. The number of benzene rings is 15. The van der Waals surface area contributed by atoms with Crippen LogP contribution in [0, 0.1) is 22.7 Å². The van der Waals surface area contributed by atoms with Gasteiger partial charge in [0.2, 0.25) is 0 Å². The fourth-order valence-corrected chi connectivity index (χ4v) is 17.7. The van der Waals surface area contributed by atoms with E-state index >= 15 is 0 Å². The van der Waals surface area contributed by atoms with Gasteiger partial charge in [-0.25, -0.2) is 0 Å². The molecule has 0 radical (unpaired) electrons. The number of anilines is 6. The van der Waals surface area contributed by atoms with E-state index in [4.69, 9.17) is 0 Å². The Kier molecular flexibility index (Phi) is 16.0. The average Bonchev–Trinajstić information content (AvgIpc) is 0.966. The average molecular weight is 1430 g/mol. The van der Waals surface area contributed by atoms with Crippen LogP contribution in [-0.4, -0.2) is 9.13 Å². The molecule has 0 unspecified atom stereocenters. The van der Waals surface area contributed by atoms with Crippen LogP contribution in [0.25, 0.3) is 122 Å². The summed E-state index contributed by atoms with van der Waals surface area (Å²) in [5.74, 6) is -0.339. The molecule has 0 atom stereocenters. The Balaban J connectivity index is 1.01. The van der Waals surface area contributed by atoms with Crippen LogP contribution in [0.5, 0.6) is 0 Å². The van der Waals surface area contributed by atoms with Crippen molar-refractivity contribution < 1.29 is 0 Å². The molecule has 0 saturated heterocycles. The van der Waals surface area contributed by atoms with Crippen LogP contribution in [0.3, 0.4) is 0 Å². The number of rotatable bonds is 10. The lowest BCUT2D eigenvalue weighted by atomic mass is 9.73. The van der Waals surface area contributed by atoms with Gasteiger partial charge in [-0.1, -0.05) is 293 Å². The van der Waals surface area contributed by atoms with E-state index in [0.29, 0.717) is 11.1 Å². The highest BCUT2D eigenvalue weighted by Gasteiger charge is 2.45. The van der Waals surface area contributed by atoms with Crippen molar-refractivity contribution >= 4 is 77.7 Å². The Bertz CT molecular complexity index is 6210. The molecule has 4 heterocycles. The number of hydrogen-bond donors (Lipinski definition) is 0. The first-order chi connectivity index (χ1) is 53.9. The molecule has 0 spiro atoms. The van der Waals surface area contributed by atoms with Gasteiger partial charge in [-0.05, 0) is 186 Å². The van der Waals surface area contributed by atoms with Crippen molar-refractivity contribution in [1.82, 2.24) is 9.13 Å². The third-order valence-corrected chi connectivity index (χ3v) is 23.3. The smallest absolute Gasteiger partial charge is 0.0998 e. The van der Waals surface area contributed by atoms with Gasteiger partial charge >= 0.3 is 0 Å². The van der Waals surface area contributed by atoms with Crippen LogP contribution in [0.2, 0.25) is 0 Å². The SMILES string of the molecule is CC(C)(C)c1ccc(-c2cc(-c3ccccc3C#N)cc(-c3ccccc3)c2N2c3cc(-n4c5ccccc5c5ccccc54)ccc3C3c4ccc(-n5c6ccccc6c6ccccc65)cc4N(c4c(-c5ccccc5)cc(-c5ccccc5C#N)cc4-c4ccc(C(C)(C)C)cc4)c4cc(C(C)(C)C)cc2c43)cc1. The van der Waals surface area contributed by atoms with E-state index in [1.54, 1.807) is 0 Å². The van der Waals surface area contributed by atoms with Crippen LogP contribution >= 0.6 is 0 Å². The molecule has 15 aromatic carbocycles. The van der Waals surface area contributed by atoms with Crippen molar-refractivity contribution in [2.75, 3.05) is 9.80 Å². The van der Waals surface area contributed by atoms with Crippen molar-refractivity contribution in [3.8, 4) is 90.3 Å². The molecule has 0 saturated carbocycles. The quantitative estimate of drug-likeness (QED) is 0.137. The highest BCUT2D eigenvalue weighted by molar-refractivity contribution is 6.13. The van der Waals surface area contributed by atoms with E-state index in [1.807, 2.05) is 24.3 Å².